The molecule has 3 heteroatoms. The van der Waals surface area contributed by atoms with E-state index in [0.29, 0.717) is 0 Å². The molecule has 2 N–H and O–H groups in total. The van der Waals surface area contributed by atoms with Gasteiger partial charge >= 0.3 is 0 Å². The molecule has 0 amide bonds. The van der Waals surface area contributed by atoms with Gasteiger partial charge in [-0.2, -0.15) is 5.10 Å². The monoisotopic (exact) mass is 205 g/mol. The zero-order chi connectivity index (χ0) is 10.1. The van der Waals surface area contributed by atoms with Crippen LogP contribution in [0.25, 0.3) is 0 Å². The molecular weight excluding hydrogens is 186 g/mol. The Balaban J connectivity index is 1.76. The number of hydrogen-bond donors (Lipinski definition) is 2. The molecule has 1 fully saturated rings. The van der Waals surface area contributed by atoms with E-state index in [9.17, 15) is 0 Å². The van der Waals surface area contributed by atoms with E-state index in [4.69, 9.17) is 0 Å². The van der Waals surface area contributed by atoms with Crippen molar-refractivity contribution in [1.82, 2.24) is 15.5 Å². The van der Waals surface area contributed by atoms with Gasteiger partial charge in [0.2, 0.25) is 0 Å². The van der Waals surface area contributed by atoms with E-state index >= 15 is 0 Å². The number of nitrogens with one attached hydrogen (secondary N) is 2. The first kappa shape index (κ1) is 9.40. The summed E-state index contributed by atoms with van der Waals surface area (Å²) in [5, 5.41) is 11.2. The van der Waals surface area contributed by atoms with E-state index in [-0.39, 0.29) is 0 Å². The topological polar surface area (TPSA) is 40.7 Å². The molecule has 2 heterocycles. The zero-order valence-electron chi connectivity index (χ0n) is 9.18. The summed E-state index contributed by atoms with van der Waals surface area (Å²) in [5.41, 5.74) is 4.33. The van der Waals surface area contributed by atoms with Crippen molar-refractivity contribution in [1.29, 1.82) is 0 Å². The normalized spacial score (nSPS) is 25.5. The minimum absolute atomic E-state index is 0.819. The lowest BCUT2D eigenvalue weighted by atomic mass is 9.92. The summed E-state index contributed by atoms with van der Waals surface area (Å²) in [7, 11) is 0. The fraction of sp³-hybridized carbons (Fsp3) is 0.750. The molecule has 1 aliphatic carbocycles. The molecule has 82 valence electrons. The van der Waals surface area contributed by atoms with Gasteiger partial charge < -0.3 is 5.32 Å². The van der Waals surface area contributed by atoms with Crippen LogP contribution in [0.5, 0.6) is 0 Å². The first-order valence-corrected chi connectivity index (χ1v) is 6.19. The Kier molecular flexibility index (Phi) is 2.49. The number of H-pyrrole nitrogens is 1. The van der Waals surface area contributed by atoms with Gasteiger partial charge in [-0.3, -0.25) is 5.10 Å². The van der Waals surface area contributed by atoms with Gasteiger partial charge in [0, 0.05) is 5.69 Å². The summed E-state index contributed by atoms with van der Waals surface area (Å²) in [6.45, 7) is 2.37. The Morgan fingerprint density at radius 2 is 2.20 bits per heavy atom. The molecule has 3 rings (SSSR count). The van der Waals surface area contributed by atoms with Gasteiger partial charge in [0.15, 0.2) is 0 Å². The molecule has 0 saturated carbocycles. The van der Waals surface area contributed by atoms with Crippen LogP contribution in [0.4, 0.5) is 0 Å². The summed E-state index contributed by atoms with van der Waals surface area (Å²) >= 11 is 0. The van der Waals surface area contributed by atoms with Crippen molar-refractivity contribution in [2.75, 3.05) is 13.1 Å². The Bertz CT molecular complexity index is 337. The van der Waals surface area contributed by atoms with Crippen LogP contribution in [0, 0.1) is 5.92 Å². The maximum absolute atomic E-state index is 4.51. The molecule has 1 unspecified atom stereocenters. The number of aryl methyl sites for hydroxylation is 1. The Morgan fingerprint density at radius 3 is 3.07 bits per heavy atom. The van der Waals surface area contributed by atoms with Crippen LogP contribution in [0.15, 0.2) is 0 Å². The summed E-state index contributed by atoms with van der Waals surface area (Å²) in [6, 6.07) is 0. The molecule has 2 aliphatic rings. The van der Waals surface area contributed by atoms with Crippen LogP contribution in [0.2, 0.25) is 0 Å². The largest absolute Gasteiger partial charge is 0.316 e. The van der Waals surface area contributed by atoms with Crippen molar-refractivity contribution < 1.29 is 0 Å². The van der Waals surface area contributed by atoms with Crippen LogP contribution >= 0.6 is 0 Å². The molecule has 1 aromatic heterocycles. The van der Waals surface area contributed by atoms with Crippen molar-refractivity contribution in [3.05, 3.63) is 17.0 Å². The predicted molar refractivity (Wildman–Crippen MR) is 59.9 cm³/mol. The number of hydrogen-bond acceptors (Lipinski definition) is 2. The predicted octanol–water partition coefficient (Wildman–Crippen LogP) is 1.44. The first-order chi connectivity index (χ1) is 7.43. The van der Waals surface area contributed by atoms with Crippen molar-refractivity contribution in [2.45, 2.75) is 38.5 Å². The Hall–Kier alpha value is -0.830. The molecule has 1 saturated heterocycles. The molecule has 1 aliphatic heterocycles. The highest BCUT2D eigenvalue weighted by Crippen LogP contribution is 2.25. The van der Waals surface area contributed by atoms with Crippen molar-refractivity contribution in [2.24, 2.45) is 5.92 Å². The number of aromatic amines is 1. The van der Waals surface area contributed by atoms with Gasteiger partial charge in [0.1, 0.15) is 0 Å². The summed E-state index contributed by atoms with van der Waals surface area (Å²) < 4.78 is 0. The van der Waals surface area contributed by atoms with Gasteiger partial charge in [0.25, 0.3) is 0 Å². The third-order valence-electron chi connectivity index (χ3n) is 3.79. The molecule has 0 radical (unpaired) electrons. The average Bonchev–Trinajstić information content (AvgIpc) is 2.89. The highest BCUT2D eigenvalue weighted by molar-refractivity contribution is 5.28. The molecule has 0 aromatic carbocycles. The second kappa shape index (κ2) is 3.97. The summed E-state index contributed by atoms with van der Waals surface area (Å²) in [6.07, 6.45) is 7.65. The quantitative estimate of drug-likeness (QED) is 0.767. The standard InChI is InChI=1S/C12H19N3/c1-2-4-11-10(3-1)12(15-14-11)7-9-5-6-13-8-9/h9,13H,1-8H2,(H,14,15). The van der Waals surface area contributed by atoms with Gasteiger partial charge in [-0.05, 0) is 63.1 Å². The van der Waals surface area contributed by atoms with E-state index in [1.165, 1.54) is 63.0 Å². The second-order valence-electron chi connectivity index (χ2n) is 4.90. The SMILES string of the molecule is C1CCc2c(CC3CCNC3)n[nH]c2C1. The van der Waals surface area contributed by atoms with Crippen LogP contribution < -0.4 is 5.32 Å². The van der Waals surface area contributed by atoms with Crippen molar-refractivity contribution >= 4 is 0 Å². The van der Waals surface area contributed by atoms with Gasteiger partial charge in [-0.15, -0.1) is 0 Å². The molecule has 0 spiro atoms. The van der Waals surface area contributed by atoms with E-state index in [1.54, 1.807) is 5.56 Å². The van der Waals surface area contributed by atoms with Gasteiger partial charge in [-0.25, -0.2) is 0 Å². The van der Waals surface area contributed by atoms with E-state index in [0.717, 1.165) is 5.92 Å². The number of rotatable bonds is 2. The van der Waals surface area contributed by atoms with E-state index in [1.807, 2.05) is 0 Å². The lowest BCUT2D eigenvalue weighted by Gasteiger charge is -2.12. The van der Waals surface area contributed by atoms with Crippen LogP contribution in [-0.2, 0) is 19.3 Å². The second-order valence-corrected chi connectivity index (χ2v) is 4.90. The molecule has 3 nitrogen and oxygen atoms in total. The summed E-state index contributed by atoms with van der Waals surface area (Å²) in [5.74, 6) is 0.819. The fourth-order valence-electron chi connectivity index (χ4n) is 2.88. The highest BCUT2D eigenvalue weighted by Gasteiger charge is 2.21. The fourth-order valence-corrected chi connectivity index (χ4v) is 2.88. The summed E-state index contributed by atoms with van der Waals surface area (Å²) in [4.78, 5) is 0. The lowest BCUT2D eigenvalue weighted by molar-refractivity contribution is 0.566. The maximum atomic E-state index is 4.51. The molecule has 1 aromatic rings. The lowest BCUT2D eigenvalue weighted by Crippen LogP contribution is -2.12. The smallest absolute Gasteiger partial charge is 0.0660 e. The van der Waals surface area contributed by atoms with Crippen LogP contribution in [0.3, 0.4) is 0 Å². The molecule has 15 heavy (non-hydrogen) atoms. The van der Waals surface area contributed by atoms with Crippen molar-refractivity contribution in [3.8, 4) is 0 Å². The minimum Gasteiger partial charge on any atom is -0.316 e. The average molecular weight is 205 g/mol. The minimum atomic E-state index is 0.819. The number of fused-ring (bicyclic) bond motifs is 1. The van der Waals surface area contributed by atoms with Crippen molar-refractivity contribution in [3.63, 3.8) is 0 Å². The van der Waals surface area contributed by atoms with Gasteiger partial charge in [0.05, 0.1) is 5.69 Å². The highest BCUT2D eigenvalue weighted by atomic mass is 15.1. The maximum Gasteiger partial charge on any atom is 0.0660 e. The molecular formula is C12H19N3. The Morgan fingerprint density at radius 1 is 1.27 bits per heavy atom. The third kappa shape index (κ3) is 1.81. The van der Waals surface area contributed by atoms with E-state index in [2.05, 4.69) is 15.5 Å². The number of aromatic nitrogens is 2. The third-order valence-corrected chi connectivity index (χ3v) is 3.79. The van der Waals surface area contributed by atoms with E-state index < -0.39 is 0 Å². The van der Waals surface area contributed by atoms with Crippen LogP contribution in [0.1, 0.15) is 36.2 Å². The number of nitrogens with zero attached hydrogens (tertiary/aromatic N) is 1. The molecule has 0 bridgehead atoms. The molecule has 1 atom stereocenters. The zero-order valence-corrected chi connectivity index (χ0v) is 9.18. The first-order valence-electron chi connectivity index (χ1n) is 6.19. The van der Waals surface area contributed by atoms with Gasteiger partial charge in [-0.1, -0.05) is 0 Å². The van der Waals surface area contributed by atoms with Crippen LogP contribution in [-0.4, -0.2) is 23.3 Å². The Labute approximate surface area is 90.7 Å².